The van der Waals surface area contributed by atoms with Gasteiger partial charge in [0.15, 0.2) is 0 Å². The summed E-state index contributed by atoms with van der Waals surface area (Å²) in [6.45, 7) is 1.32. The Hall–Kier alpha value is -0.580. The van der Waals surface area contributed by atoms with Crippen LogP contribution in [0.3, 0.4) is 0 Å². The van der Waals surface area contributed by atoms with E-state index in [4.69, 9.17) is 15.2 Å². The Bertz CT molecular complexity index is 480. The van der Waals surface area contributed by atoms with Gasteiger partial charge in [0.05, 0.1) is 12.2 Å². The average Bonchev–Trinajstić information content (AvgIpc) is 2.50. The predicted molar refractivity (Wildman–Crippen MR) is 87.5 cm³/mol. The lowest BCUT2D eigenvalue weighted by Gasteiger charge is -2.43. The van der Waals surface area contributed by atoms with Crippen molar-refractivity contribution < 1.29 is 9.47 Å². The van der Waals surface area contributed by atoms with Crippen molar-refractivity contribution in [1.29, 1.82) is 0 Å². The minimum atomic E-state index is 0.0827. The van der Waals surface area contributed by atoms with Crippen molar-refractivity contribution in [3.05, 3.63) is 28.2 Å². The molecule has 2 fully saturated rings. The predicted octanol–water partition coefficient (Wildman–Crippen LogP) is 4.17. The number of benzene rings is 1. The molecule has 3 rings (SSSR count). The summed E-state index contributed by atoms with van der Waals surface area (Å²) in [7, 11) is 0. The highest BCUT2D eigenvalue weighted by Crippen LogP contribution is 2.40. The summed E-state index contributed by atoms with van der Waals surface area (Å²) < 4.78 is 13.5. The molecular weight excluding hydrogens is 330 g/mol. The molecule has 1 unspecified atom stereocenters. The van der Waals surface area contributed by atoms with Crippen molar-refractivity contribution in [2.24, 2.45) is 5.73 Å². The van der Waals surface area contributed by atoms with Gasteiger partial charge in [-0.1, -0.05) is 35.2 Å². The lowest BCUT2D eigenvalue weighted by molar-refractivity contribution is -0.129. The van der Waals surface area contributed by atoms with E-state index in [1.54, 1.807) is 0 Å². The van der Waals surface area contributed by atoms with Crippen LogP contribution < -0.4 is 10.5 Å². The van der Waals surface area contributed by atoms with Gasteiger partial charge in [-0.2, -0.15) is 0 Å². The minimum Gasteiger partial charge on any atom is -0.490 e. The molecule has 3 nitrogen and oxygen atoms in total. The molecule has 21 heavy (non-hydrogen) atoms. The zero-order valence-electron chi connectivity index (χ0n) is 12.4. The fourth-order valence-electron chi connectivity index (χ4n) is 3.63. The second-order valence-electron chi connectivity index (χ2n) is 6.28. The molecule has 1 aromatic rings. The Labute approximate surface area is 135 Å². The summed E-state index contributed by atoms with van der Waals surface area (Å²) in [5.74, 6) is 0.929. The van der Waals surface area contributed by atoms with E-state index in [1.165, 1.54) is 32.1 Å². The van der Waals surface area contributed by atoms with Gasteiger partial charge in [-0.15, -0.1) is 0 Å². The molecule has 2 aliphatic rings. The van der Waals surface area contributed by atoms with Crippen molar-refractivity contribution in [1.82, 2.24) is 0 Å². The normalized spacial score (nSPS) is 25.0. The third-order valence-electron chi connectivity index (χ3n) is 4.75. The molecule has 1 aromatic carbocycles. The van der Waals surface area contributed by atoms with E-state index in [2.05, 4.69) is 15.9 Å². The highest BCUT2D eigenvalue weighted by Gasteiger charge is 2.39. The maximum atomic E-state index is 6.28. The van der Waals surface area contributed by atoms with E-state index in [9.17, 15) is 0 Å². The van der Waals surface area contributed by atoms with Crippen molar-refractivity contribution >= 4 is 15.9 Å². The van der Waals surface area contributed by atoms with Crippen LogP contribution in [0.25, 0.3) is 0 Å². The largest absolute Gasteiger partial charge is 0.490 e. The van der Waals surface area contributed by atoms with Crippen LogP contribution in [0.5, 0.6) is 5.75 Å². The third-order valence-corrected chi connectivity index (χ3v) is 5.24. The summed E-state index contributed by atoms with van der Waals surface area (Å²) in [5.41, 5.74) is 6.98. The fourth-order valence-corrected chi connectivity index (χ4v) is 4.04. The van der Waals surface area contributed by atoms with E-state index < -0.39 is 0 Å². The molecule has 4 heteroatoms. The number of nitrogens with two attached hydrogens (primary N) is 1. The standard InChI is InChI=1S/C17H24BrNO2/c18-14-4-5-16(13(10-14)12-19)21-15-6-9-20-17(11-15)7-2-1-3-8-17/h4-5,10,15H,1-3,6-9,11-12,19H2. The highest BCUT2D eigenvalue weighted by molar-refractivity contribution is 9.10. The molecule has 0 radical (unpaired) electrons. The molecule has 1 aliphatic carbocycles. The molecule has 1 saturated heterocycles. The van der Waals surface area contributed by atoms with Crippen LogP contribution in [0.1, 0.15) is 50.5 Å². The van der Waals surface area contributed by atoms with Crippen LogP contribution in [0.15, 0.2) is 22.7 Å². The summed E-state index contributed by atoms with van der Waals surface area (Å²) in [5, 5.41) is 0. The number of ether oxygens (including phenoxy) is 2. The van der Waals surface area contributed by atoms with Crippen LogP contribution in [-0.4, -0.2) is 18.3 Å². The molecular formula is C17H24BrNO2. The molecule has 0 aromatic heterocycles. The van der Waals surface area contributed by atoms with Gasteiger partial charge in [0.2, 0.25) is 0 Å². The molecule has 0 bridgehead atoms. The van der Waals surface area contributed by atoms with Crippen molar-refractivity contribution in [3.63, 3.8) is 0 Å². The molecule has 1 spiro atoms. The van der Waals surface area contributed by atoms with E-state index in [0.717, 1.165) is 35.2 Å². The second kappa shape index (κ2) is 6.67. The third kappa shape index (κ3) is 3.61. The number of hydrogen-bond donors (Lipinski definition) is 1. The van der Waals surface area contributed by atoms with Gasteiger partial charge in [0, 0.05) is 29.4 Å². The van der Waals surface area contributed by atoms with E-state index in [0.29, 0.717) is 6.54 Å². The lowest BCUT2D eigenvalue weighted by Crippen LogP contribution is -2.45. The fraction of sp³-hybridized carbons (Fsp3) is 0.647. The monoisotopic (exact) mass is 353 g/mol. The van der Waals surface area contributed by atoms with Crippen LogP contribution in [-0.2, 0) is 11.3 Å². The number of rotatable bonds is 3. The van der Waals surface area contributed by atoms with Crippen LogP contribution in [0.4, 0.5) is 0 Å². The van der Waals surface area contributed by atoms with Crippen molar-refractivity contribution in [2.45, 2.75) is 63.2 Å². The Kier molecular flexibility index (Phi) is 4.87. The quantitative estimate of drug-likeness (QED) is 0.886. The smallest absolute Gasteiger partial charge is 0.124 e. The van der Waals surface area contributed by atoms with Crippen LogP contribution in [0, 0.1) is 0 Å². The first-order valence-corrected chi connectivity index (χ1v) is 8.79. The van der Waals surface area contributed by atoms with E-state index >= 15 is 0 Å². The Morgan fingerprint density at radius 2 is 2.10 bits per heavy atom. The lowest BCUT2D eigenvalue weighted by atomic mass is 9.79. The van der Waals surface area contributed by atoms with Gasteiger partial charge < -0.3 is 15.2 Å². The Morgan fingerprint density at radius 3 is 2.86 bits per heavy atom. The molecule has 1 atom stereocenters. The highest BCUT2D eigenvalue weighted by atomic mass is 79.9. The van der Waals surface area contributed by atoms with Crippen LogP contribution in [0.2, 0.25) is 0 Å². The maximum Gasteiger partial charge on any atom is 0.124 e. The zero-order valence-corrected chi connectivity index (χ0v) is 14.0. The average molecular weight is 354 g/mol. The SMILES string of the molecule is NCc1cc(Br)ccc1OC1CCOC2(CCCCC2)C1. The van der Waals surface area contributed by atoms with E-state index in [-0.39, 0.29) is 11.7 Å². The first-order chi connectivity index (χ1) is 10.2. The second-order valence-corrected chi connectivity index (χ2v) is 7.20. The van der Waals surface area contributed by atoms with Crippen LogP contribution >= 0.6 is 15.9 Å². The van der Waals surface area contributed by atoms with Gasteiger partial charge in [-0.05, 0) is 31.0 Å². The molecule has 116 valence electrons. The Morgan fingerprint density at radius 1 is 1.29 bits per heavy atom. The number of halogens is 1. The van der Waals surface area contributed by atoms with Gasteiger partial charge in [0.25, 0.3) is 0 Å². The van der Waals surface area contributed by atoms with E-state index in [1.807, 2.05) is 18.2 Å². The van der Waals surface area contributed by atoms with Crippen molar-refractivity contribution in [3.8, 4) is 5.75 Å². The van der Waals surface area contributed by atoms with Gasteiger partial charge in [-0.3, -0.25) is 0 Å². The summed E-state index contributed by atoms with van der Waals surface area (Å²) in [6, 6.07) is 6.09. The molecule has 0 amide bonds. The Balaban J connectivity index is 1.70. The molecule has 1 heterocycles. The zero-order chi connectivity index (χ0) is 14.7. The summed E-state index contributed by atoms with van der Waals surface area (Å²) >= 11 is 3.49. The van der Waals surface area contributed by atoms with Crippen molar-refractivity contribution in [2.75, 3.05) is 6.61 Å². The summed E-state index contributed by atoms with van der Waals surface area (Å²) in [4.78, 5) is 0. The van der Waals surface area contributed by atoms with Gasteiger partial charge in [0.1, 0.15) is 11.9 Å². The molecule has 1 aliphatic heterocycles. The topological polar surface area (TPSA) is 44.5 Å². The molecule has 2 N–H and O–H groups in total. The maximum absolute atomic E-state index is 6.28. The first kappa shape index (κ1) is 15.3. The van der Waals surface area contributed by atoms with Gasteiger partial charge >= 0.3 is 0 Å². The first-order valence-electron chi connectivity index (χ1n) is 8.00. The molecule has 1 saturated carbocycles. The number of hydrogen-bond acceptors (Lipinski definition) is 3. The van der Waals surface area contributed by atoms with Gasteiger partial charge in [-0.25, -0.2) is 0 Å². The summed E-state index contributed by atoms with van der Waals surface area (Å²) in [6.07, 6.45) is 8.56. The minimum absolute atomic E-state index is 0.0827.